The highest BCUT2D eigenvalue weighted by Crippen LogP contribution is 2.16. The number of hydrogen-bond acceptors (Lipinski definition) is 1. The predicted octanol–water partition coefficient (Wildman–Crippen LogP) is 3.96. The van der Waals surface area contributed by atoms with E-state index in [0.29, 0.717) is 6.04 Å². The van der Waals surface area contributed by atoms with Gasteiger partial charge < -0.3 is 5.32 Å². The number of allylic oxidation sites excluding steroid dienone is 1. The molecule has 1 nitrogen and oxygen atoms in total. The van der Waals surface area contributed by atoms with Crippen LogP contribution in [0, 0.1) is 0 Å². The normalized spacial score (nSPS) is 12.3. The summed E-state index contributed by atoms with van der Waals surface area (Å²) in [4.78, 5) is 0. The van der Waals surface area contributed by atoms with Gasteiger partial charge in [0.15, 0.2) is 0 Å². The van der Waals surface area contributed by atoms with Gasteiger partial charge in [0.1, 0.15) is 0 Å². The first-order valence-corrected chi connectivity index (χ1v) is 5.59. The maximum atomic E-state index is 5.93. The van der Waals surface area contributed by atoms with E-state index >= 15 is 0 Å². The molecule has 82 valence electrons. The van der Waals surface area contributed by atoms with Crippen LogP contribution in [0.4, 0.5) is 0 Å². The van der Waals surface area contributed by atoms with Crippen molar-refractivity contribution in [1.29, 1.82) is 0 Å². The minimum absolute atomic E-state index is 0.333. The molecule has 0 aromatic heterocycles. The highest BCUT2D eigenvalue weighted by molar-refractivity contribution is 6.30. The van der Waals surface area contributed by atoms with Crippen molar-refractivity contribution in [3.8, 4) is 0 Å². The summed E-state index contributed by atoms with van der Waals surface area (Å²) in [5, 5.41) is 4.22. The Bertz CT molecular complexity index is 340. The van der Waals surface area contributed by atoms with E-state index in [-0.39, 0.29) is 0 Å². The Labute approximate surface area is 97.1 Å². The van der Waals surface area contributed by atoms with Gasteiger partial charge in [0.05, 0.1) is 0 Å². The third-order valence-corrected chi connectivity index (χ3v) is 2.52. The Balaban J connectivity index is 2.54. The Hall–Kier alpha value is -0.790. The van der Waals surface area contributed by atoms with E-state index in [2.05, 4.69) is 38.2 Å². The average molecular weight is 224 g/mol. The molecule has 0 aliphatic heterocycles. The Kier molecular flexibility index (Phi) is 4.86. The molecular weight excluding hydrogens is 206 g/mol. The summed E-state index contributed by atoms with van der Waals surface area (Å²) >= 11 is 5.93. The van der Waals surface area contributed by atoms with Crippen molar-refractivity contribution in [3.63, 3.8) is 0 Å². The zero-order valence-corrected chi connectivity index (χ0v) is 10.3. The van der Waals surface area contributed by atoms with E-state index in [4.69, 9.17) is 11.6 Å². The fourth-order valence-electron chi connectivity index (χ4n) is 1.33. The van der Waals surface area contributed by atoms with E-state index in [1.165, 1.54) is 11.1 Å². The third-order valence-electron chi connectivity index (χ3n) is 2.28. The monoisotopic (exact) mass is 223 g/mol. The second-order valence-electron chi connectivity index (χ2n) is 3.97. The second kappa shape index (κ2) is 5.94. The van der Waals surface area contributed by atoms with Gasteiger partial charge in [-0.05, 0) is 38.5 Å². The lowest BCUT2D eigenvalue weighted by Gasteiger charge is -2.13. The standard InChI is InChI=1S/C13H18ClN/c1-10(2)7-8-15-11(3)12-5-4-6-13(14)9-12/h4-7,9,11,15H,8H2,1-3H3/t11-/m1/s1. The van der Waals surface area contributed by atoms with Crippen molar-refractivity contribution in [1.82, 2.24) is 5.32 Å². The molecule has 0 saturated carbocycles. The van der Waals surface area contributed by atoms with Crippen LogP contribution in [0.25, 0.3) is 0 Å². The summed E-state index contributed by atoms with van der Waals surface area (Å²) < 4.78 is 0. The molecule has 1 N–H and O–H groups in total. The number of halogens is 1. The molecular formula is C13H18ClN. The van der Waals surface area contributed by atoms with Crippen LogP contribution in [0.2, 0.25) is 5.02 Å². The lowest BCUT2D eigenvalue weighted by atomic mass is 10.1. The molecule has 0 aliphatic rings. The van der Waals surface area contributed by atoms with Crippen molar-refractivity contribution in [2.45, 2.75) is 26.8 Å². The first kappa shape index (κ1) is 12.3. The number of rotatable bonds is 4. The van der Waals surface area contributed by atoms with Gasteiger partial charge >= 0.3 is 0 Å². The zero-order chi connectivity index (χ0) is 11.3. The highest BCUT2D eigenvalue weighted by Gasteiger charge is 2.03. The van der Waals surface area contributed by atoms with Crippen LogP contribution in [0.15, 0.2) is 35.9 Å². The molecule has 0 spiro atoms. The largest absolute Gasteiger partial charge is 0.307 e. The van der Waals surface area contributed by atoms with E-state index in [0.717, 1.165) is 11.6 Å². The van der Waals surface area contributed by atoms with Gasteiger partial charge in [-0.15, -0.1) is 0 Å². The molecule has 0 radical (unpaired) electrons. The van der Waals surface area contributed by atoms with Gasteiger partial charge in [-0.3, -0.25) is 0 Å². The minimum atomic E-state index is 0.333. The van der Waals surface area contributed by atoms with Gasteiger partial charge in [0.2, 0.25) is 0 Å². The van der Waals surface area contributed by atoms with Crippen molar-refractivity contribution < 1.29 is 0 Å². The molecule has 1 aromatic rings. The Morgan fingerprint density at radius 2 is 2.20 bits per heavy atom. The van der Waals surface area contributed by atoms with E-state index in [1.807, 2.05) is 18.2 Å². The average Bonchev–Trinajstić information content (AvgIpc) is 2.17. The minimum Gasteiger partial charge on any atom is -0.307 e. The van der Waals surface area contributed by atoms with Crippen molar-refractivity contribution in [2.24, 2.45) is 0 Å². The number of nitrogens with one attached hydrogen (secondary N) is 1. The second-order valence-corrected chi connectivity index (χ2v) is 4.40. The van der Waals surface area contributed by atoms with Crippen molar-refractivity contribution in [3.05, 3.63) is 46.5 Å². The van der Waals surface area contributed by atoms with Crippen LogP contribution in [0.3, 0.4) is 0 Å². The number of benzene rings is 1. The predicted molar refractivity (Wildman–Crippen MR) is 67.3 cm³/mol. The lowest BCUT2D eigenvalue weighted by molar-refractivity contribution is 0.616. The zero-order valence-electron chi connectivity index (χ0n) is 9.55. The molecule has 15 heavy (non-hydrogen) atoms. The van der Waals surface area contributed by atoms with E-state index in [1.54, 1.807) is 0 Å². The van der Waals surface area contributed by atoms with Gasteiger partial charge in [0.25, 0.3) is 0 Å². The molecule has 1 aromatic carbocycles. The molecule has 1 atom stereocenters. The molecule has 0 amide bonds. The Morgan fingerprint density at radius 3 is 2.80 bits per heavy atom. The highest BCUT2D eigenvalue weighted by atomic mass is 35.5. The van der Waals surface area contributed by atoms with Crippen LogP contribution in [0.1, 0.15) is 32.4 Å². The molecule has 1 rings (SSSR count). The van der Waals surface area contributed by atoms with E-state index in [9.17, 15) is 0 Å². The van der Waals surface area contributed by atoms with Gasteiger partial charge in [-0.2, -0.15) is 0 Å². The quantitative estimate of drug-likeness (QED) is 0.762. The third kappa shape index (κ3) is 4.50. The van der Waals surface area contributed by atoms with Crippen molar-refractivity contribution in [2.75, 3.05) is 6.54 Å². The molecule has 2 heteroatoms. The molecule has 0 heterocycles. The van der Waals surface area contributed by atoms with Crippen LogP contribution in [-0.2, 0) is 0 Å². The number of hydrogen-bond donors (Lipinski definition) is 1. The summed E-state index contributed by atoms with van der Waals surface area (Å²) in [6.07, 6.45) is 2.18. The topological polar surface area (TPSA) is 12.0 Å². The molecule has 0 bridgehead atoms. The Morgan fingerprint density at radius 1 is 1.47 bits per heavy atom. The van der Waals surface area contributed by atoms with Crippen LogP contribution >= 0.6 is 11.6 Å². The maximum Gasteiger partial charge on any atom is 0.0409 e. The fourth-order valence-corrected chi connectivity index (χ4v) is 1.53. The first-order chi connectivity index (χ1) is 7.09. The van der Waals surface area contributed by atoms with Gasteiger partial charge in [0, 0.05) is 17.6 Å². The molecule has 0 fully saturated rings. The van der Waals surface area contributed by atoms with Gasteiger partial charge in [-0.25, -0.2) is 0 Å². The summed E-state index contributed by atoms with van der Waals surface area (Å²) in [6, 6.07) is 8.30. The lowest BCUT2D eigenvalue weighted by Crippen LogP contribution is -2.18. The fraction of sp³-hybridized carbons (Fsp3) is 0.385. The SMILES string of the molecule is CC(C)=CCN[C@H](C)c1cccc(Cl)c1. The summed E-state index contributed by atoms with van der Waals surface area (Å²) in [5.74, 6) is 0. The molecule has 0 aliphatic carbocycles. The van der Waals surface area contributed by atoms with Crippen LogP contribution in [0.5, 0.6) is 0 Å². The summed E-state index contributed by atoms with van der Waals surface area (Å²) in [7, 11) is 0. The smallest absolute Gasteiger partial charge is 0.0409 e. The van der Waals surface area contributed by atoms with Crippen molar-refractivity contribution >= 4 is 11.6 Å². The van der Waals surface area contributed by atoms with E-state index < -0.39 is 0 Å². The van der Waals surface area contributed by atoms with Crippen LogP contribution < -0.4 is 5.32 Å². The molecule has 0 unspecified atom stereocenters. The molecule has 0 saturated heterocycles. The summed E-state index contributed by atoms with van der Waals surface area (Å²) in [6.45, 7) is 7.25. The maximum absolute atomic E-state index is 5.93. The van der Waals surface area contributed by atoms with Gasteiger partial charge in [-0.1, -0.05) is 35.4 Å². The first-order valence-electron chi connectivity index (χ1n) is 5.22. The summed E-state index contributed by atoms with van der Waals surface area (Å²) in [5.41, 5.74) is 2.56. The van der Waals surface area contributed by atoms with Crippen LogP contribution in [-0.4, -0.2) is 6.54 Å².